The lowest BCUT2D eigenvalue weighted by molar-refractivity contribution is 0.694. The number of nitrogens with zero attached hydrogens (tertiary/aromatic N) is 3. The molecule has 0 aliphatic heterocycles. The number of aromatic nitrogens is 4. The Morgan fingerprint density at radius 1 is 1.17 bits per heavy atom. The summed E-state index contributed by atoms with van der Waals surface area (Å²) < 4.78 is 0.609. The van der Waals surface area contributed by atoms with E-state index in [1.54, 1.807) is 18.5 Å². The molecule has 1 fully saturated rings. The summed E-state index contributed by atoms with van der Waals surface area (Å²) in [6.45, 7) is 0. The van der Waals surface area contributed by atoms with E-state index >= 15 is 0 Å². The Kier molecular flexibility index (Phi) is 3.15. The summed E-state index contributed by atoms with van der Waals surface area (Å²) in [5.74, 6) is 1.85. The summed E-state index contributed by atoms with van der Waals surface area (Å²) >= 11 is 5.24. The molecule has 5 heteroatoms. The summed E-state index contributed by atoms with van der Waals surface area (Å²) in [4.78, 5) is 16.1. The zero-order valence-electron chi connectivity index (χ0n) is 9.97. The van der Waals surface area contributed by atoms with Gasteiger partial charge in [0.05, 0.1) is 0 Å². The molecular weight excluding hydrogens is 244 g/mol. The minimum atomic E-state index is 0.581. The second-order valence-electron chi connectivity index (χ2n) is 4.58. The van der Waals surface area contributed by atoms with Crippen LogP contribution in [0.15, 0.2) is 24.5 Å². The van der Waals surface area contributed by atoms with Crippen LogP contribution in [-0.2, 0) is 0 Å². The lowest BCUT2D eigenvalue weighted by Crippen LogP contribution is -2.02. The van der Waals surface area contributed by atoms with Crippen molar-refractivity contribution in [2.24, 2.45) is 0 Å². The Hall–Kier alpha value is -1.62. The van der Waals surface area contributed by atoms with Crippen LogP contribution in [0.1, 0.15) is 37.3 Å². The largest absolute Gasteiger partial charge is 0.340 e. The minimum absolute atomic E-state index is 0.581. The van der Waals surface area contributed by atoms with Crippen molar-refractivity contribution >= 4 is 12.2 Å². The van der Waals surface area contributed by atoms with Crippen molar-refractivity contribution in [3.63, 3.8) is 0 Å². The molecule has 0 saturated heterocycles. The number of hydrogen-bond acceptors (Lipinski definition) is 4. The molecule has 2 heterocycles. The van der Waals surface area contributed by atoms with E-state index in [0.717, 1.165) is 0 Å². The van der Waals surface area contributed by atoms with Gasteiger partial charge in [-0.15, -0.1) is 0 Å². The highest BCUT2D eigenvalue weighted by molar-refractivity contribution is 7.71. The van der Waals surface area contributed by atoms with Gasteiger partial charge >= 0.3 is 0 Å². The Morgan fingerprint density at radius 2 is 1.89 bits per heavy atom. The topological polar surface area (TPSA) is 54.5 Å². The first-order valence-electron chi connectivity index (χ1n) is 6.21. The fraction of sp³-hybridized carbons (Fsp3) is 0.385. The molecule has 0 atom stereocenters. The molecule has 1 aliphatic rings. The SMILES string of the molecule is S=c1cc(C2CCCC2)[nH]c(-c2ncccn2)n1. The number of hydrogen-bond donors (Lipinski definition) is 1. The maximum absolute atomic E-state index is 5.24. The molecule has 0 bridgehead atoms. The van der Waals surface area contributed by atoms with Gasteiger partial charge in [0.1, 0.15) is 4.64 Å². The van der Waals surface area contributed by atoms with Crippen molar-refractivity contribution < 1.29 is 0 Å². The number of H-pyrrole nitrogens is 1. The quantitative estimate of drug-likeness (QED) is 0.840. The first kappa shape index (κ1) is 11.5. The van der Waals surface area contributed by atoms with E-state index in [1.807, 2.05) is 6.07 Å². The molecule has 4 nitrogen and oxygen atoms in total. The zero-order chi connectivity index (χ0) is 12.4. The van der Waals surface area contributed by atoms with E-state index in [4.69, 9.17) is 12.2 Å². The molecule has 92 valence electrons. The first-order chi connectivity index (χ1) is 8.83. The molecule has 3 rings (SSSR count). The molecule has 18 heavy (non-hydrogen) atoms. The Labute approximate surface area is 111 Å². The second-order valence-corrected chi connectivity index (χ2v) is 5.00. The summed E-state index contributed by atoms with van der Waals surface area (Å²) in [6, 6.07) is 3.76. The Morgan fingerprint density at radius 3 is 2.61 bits per heavy atom. The summed E-state index contributed by atoms with van der Waals surface area (Å²) in [5.41, 5.74) is 1.18. The van der Waals surface area contributed by atoms with E-state index in [-0.39, 0.29) is 0 Å². The Balaban J connectivity index is 2.03. The zero-order valence-corrected chi connectivity index (χ0v) is 10.8. The van der Waals surface area contributed by atoms with Crippen LogP contribution in [0.3, 0.4) is 0 Å². The van der Waals surface area contributed by atoms with Crippen molar-refractivity contribution in [2.75, 3.05) is 0 Å². The van der Waals surface area contributed by atoms with Crippen LogP contribution in [0, 0.1) is 4.64 Å². The maximum atomic E-state index is 5.24. The fourth-order valence-electron chi connectivity index (χ4n) is 2.46. The number of aromatic amines is 1. The van der Waals surface area contributed by atoms with Crippen molar-refractivity contribution in [3.8, 4) is 11.6 Å². The van der Waals surface area contributed by atoms with Crippen LogP contribution in [0.2, 0.25) is 0 Å². The van der Waals surface area contributed by atoms with Gasteiger partial charge in [-0.2, -0.15) is 0 Å². The van der Waals surface area contributed by atoms with Gasteiger partial charge in [0, 0.05) is 18.1 Å². The van der Waals surface area contributed by atoms with Crippen LogP contribution in [0.4, 0.5) is 0 Å². The van der Waals surface area contributed by atoms with Gasteiger partial charge < -0.3 is 4.98 Å². The molecule has 0 spiro atoms. The van der Waals surface area contributed by atoms with E-state index in [9.17, 15) is 0 Å². The van der Waals surface area contributed by atoms with Crippen LogP contribution in [0.25, 0.3) is 11.6 Å². The Bertz CT molecular complexity index is 587. The molecular formula is C13H14N4S. The van der Waals surface area contributed by atoms with Gasteiger partial charge in [0.25, 0.3) is 0 Å². The first-order valence-corrected chi connectivity index (χ1v) is 6.62. The maximum Gasteiger partial charge on any atom is 0.195 e. The van der Waals surface area contributed by atoms with Crippen LogP contribution in [-0.4, -0.2) is 19.9 Å². The standard InChI is InChI=1S/C13H14N4S/c18-11-8-10(9-4-1-2-5-9)16-13(17-11)12-14-6-3-7-15-12/h3,6-9H,1-2,4-5H2,(H,16,17,18). The van der Waals surface area contributed by atoms with Gasteiger partial charge in [0.15, 0.2) is 11.6 Å². The average molecular weight is 258 g/mol. The van der Waals surface area contributed by atoms with E-state index in [1.165, 1.54) is 31.4 Å². The van der Waals surface area contributed by atoms with Crippen molar-refractivity contribution in [2.45, 2.75) is 31.6 Å². The van der Waals surface area contributed by atoms with E-state index < -0.39 is 0 Å². The van der Waals surface area contributed by atoms with Gasteiger partial charge in [-0.05, 0) is 30.9 Å². The molecule has 2 aromatic rings. The van der Waals surface area contributed by atoms with Crippen molar-refractivity contribution in [3.05, 3.63) is 34.9 Å². The number of rotatable bonds is 2. The number of nitrogens with one attached hydrogen (secondary N) is 1. The van der Waals surface area contributed by atoms with Crippen LogP contribution in [0.5, 0.6) is 0 Å². The summed E-state index contributed by atoms with van der Waals surface area (Å²) in [7, 11) is 0. The summed E-state index contributed by atoms with van der Waals surface area (Å²) in [5, 5.41) is 0. The second kappa shape index (κ2) is 4.94. The molecule has 1 aliphatic carbocycles. The highest BCUT2D eigenvalue weighted by Gasteiger charge is 2.18. The fourth-order valence-corrected chi connectivity index (χ4v) is 2.68. The summed E-state index contributed by atoms with van der Waals surface area (Å²) in [6.07, 6.45) is 8.47. The monoisotopic (exact) mass is 258 g/mol. The smallest absolute Gasteiger partial charge is 0.195 e. The van der Waals surface area contributed by atoms with Gasteiger partial charge in [-0.3, -0.25) is 0 Å². The third-order valence-corrected chi connectivity index (χ3v) is 3.55. The molecule has 0 unspecified atom stereocenters. The lowest BCUT2D eigenvalue weighted by Gasteiger charge is -2.10. The predicted molar refractivity (Wildman–Crippen MR) is 71.7 cm³/mol. The molecule has 0 aromatic carbocycles. The van der Waals surface area contributed by atoms with Crippen molar-refractivity contribution in [1.82, 2.24) is 19.9 Å². The van der Waals surface area contributed by atoms with E-state index in [2.05, 4.69) is 19.9 Å². The van der Waals surface area contributed by atoms with Crippen LogP contribution >= 0.6 is 12.2 Å². The molecule has 0 radical (unpaired) electrons. The molecule has 1 saturated carbocycles. The highest BCUT2D eigenvalue weighted by atomic mass is 32.1. The van der Waals surface area contributed by atoms with Gasteiger partial charge in [-0.25, -0.2) is 15.0 Å². The lowest BCUT2D eigenvalue weighted by atomic mass is 10.0. The molecule has 1 N–H and O–H groups in total. The highest BCUT2D eigenvalue weighted by Crippen LogP contribution is 2.33. The van der Waals surface area contributed by atoms with Gasteiger partial charge in [0.2, 0.25) is 0 Å². The molecule has 2 aromatic heterocycles. The van der Waals surface area contributed by atoms with Crippen LogP contribution < -0.4 is 0 Å². The van der Waals surface area contributed by atoms with E-state index in [0.29, 0.717) is 22.2 Å². The van der Waals surface area contributed by atoms with Gasteiger partial charge in [-0.1, -0.05) is 25.1 Å². The third kappa shape index (κ3) is 2.31. The predicted octanol–water partition coefficient (Wildman–Crippen LogP) is 3.25. The average Bonchev–Trinajstić information content (AvgIpc) is 2.93. The van der Waals surface area contributed by atoms with Crippen molar-refractivity contribution in [1.29, 1.82) is 0 Å². The molecule has 0 amide bonds. The third-order valence-electron chi connectivity index (χ3n) is 3.34. The normalized spacial score (nSPS) is 16.0. The minimum Gasteiger partial charge on any atom is -0.340 e.